The van der Waals surface area contributed by atoms with Crippen LogP contribution in [0.1, 0.15) is 30.4 Å². The fourth-order valence-electron chi connectivity index (χ4n) is 4.03. The highest BCUT2D eigenvalue weighted by Gasteiger charge is 2.26. The molecule has 0 saturated carbocycles. The van der Waals surface area contributed by atoms with Crippen LogP contribution in [-0.4, -0.2) is 37.6 Å². The summed E-state index contributed by atoms with van der Waals surface area (Å²) >= 11 is 0. The van der Waals surface area contributed by atoms with E-state index >= 15 is 0 Å². The molecule has 0 aliphatic carbocycles. The Hall–Kier alpha value is -2.53. The molecule has 0 aromatic heterocycles. The lowest BCUT2D eigenvalue weighted by molar-refractivity contribution is -0.121. The van der Waals surface area contributed by atoms with E-state index in [2.05, 4.69) is 22.3 Å². The molecule has 0 radical (unpaired) electrons. The minimum absolute atomic E-state index is 0.00333. The van der Waals surface area contributed by atoms with Gasteiger partial charge in [0.2, 0.25) is 5.91 Å². The highest BCUT2D eigenvalue weighted by atomic mass is 16.5. The summed E-state index contributed by atoms with van der Waals surface area (Å²) in [5, 5.41) is 3.08. The zero-order chi connectivity index (χ0) is 19.3. The maximum Gasteiger partial charge on any atom is 0.231 e. The smallest absolute Gasteiger partial charge is 0.231 e. The molecule has 5 heteroatoms. The van der Waals surface area contributed by atoms with Gasteiger partial charge in [-0.3, -0.25) is 9.69 Å². The molecule has 1 N–H and O–H groups in total. The fourth-order valence-corrected chi connectivity index (χ4v) is 4.03. The molecule has 2 aromatic rings. The third kappa shape index (κ3) is 4.47. The highest BCUT2D eigenvalue weighted by molar-refractivity contribution is 5.93. The topological polar surface area (TPSA) is 50.8 Å². The second-order valence-electron chi connectivity index (χ2n) is 7.71. The summed E-state index contributed by atoms with van der Waals surface area (Å²) in [7, 11) is 1.65. The van der Waals surface area contributed by atoms with E-state index in [1.807, 2.05) is 30.3 Å². The van der Waals surface area contributed by atoms with Crippen molar-refractivity contribution in [3.63, 3.8) is 0 Å². The average Bonchev–Trinajstić information content (AvgIpc) is 2.74. The van der Waals surface area contributed by atoms with E-state index in [-0.39, 0.29) is 11.8 Å². The van der Waals surface area contributed by atoms with Gasteiger partial charge in [0.25, 0.3) is 0 Å². The van der Waals surface area contributed by atoms with Crippen LogP contribution >= 0.6 is 0 Å². The van der Waals surface area contributed by atoms with Gasteiger partial charge in [-0.05, 0) is 73.8 Å². The molecule has 2 aliphatic rings. The SMILES string of the molecule is COc1ccc2c(c1)CC(C(=O)Nc1cccc(CN3CCCCC3)c1)CO2. The van der Waals surface area contributed by atoms with Crippen LogP contribution in [0, 0.1) is 5.92 Å². The molecule has 1 saturated heterocycles. The molecule has 28 heavy (non-hydrogen) atoms. The van der Waals surface area contributed by atoms with Crippen LogP contribution in [0.3, 0.4) is 0 Å². The van der Waals surface area contributed by atoms with Crippen molar-refractivity contribution < 1.29 is 14.3 Å². The number of benzene rings is 2. The minimum atomic E-state index is -0.203. The summed E-state index contributed by atoms with van der Waals surface area (Å²) in [4.78, 5) is 15.3. The molecule has 2 heterocycles. The number of carbonyl (C=O) groups excluding carboxylic acids is 1. The third-order valence-electron chi connectivity index (χ3n) is 5.59. The number of likely N-dealkylation sites (tertiary alicyclic amines) is 1. The van der Waals surface area contributed by atoms with Gasteiger partial charge in [0, 0.05) is 12.2 Å². The van der Waals surface area contributed by atoms with Crippen molar-refractivity contribution in [1.29, 1.82) is 0 Å². The molecule has 2 aromatic carbocycles. The summed E-state index contributed by atoms with van der Waals surface area (Å²) in [6.07, 6.45) is 4.56. The molecule has 1 amide bonds. The Labute approximate surface area is 166 Å². The van der Waals surface area contributed by atoms with E-state index in [1.54, 1.807) is 7.11 Å². The van der Waals surface area contributed by atoms with Crippen LogP contribution in [0.5, 0.6) is 11.5 Å². The Morgan fingerprint density at radius 2 is 2.04 bits per heavy atom. The lowest BCUT2D eigenvalue weighted by atomic mass is 9.95. The number of rotatable bonds is 5. The molecule has 1 fully saturated rings. The molecule has 4 rings (SSSR count). The number of amides is 1. The maximum absolute atomic E-state index is 12.8. The van der Waals surface area contributed by atoms with Gasteiger partial charge < -0.3 is 14.8 Å². The van der Waals surface area contributed by atoms with Gasteiger partial charge in [0.15, 0.2) is 0 Å². The number of methoxy groups -OCH3 is 1. The Balaban J connectivity index is 1.38. The van der Waals surface area contributed by atoms with E-state index < -0.39 is 0 Å². The van der Waals surface area contributed by atoms with Gasteiger partial charge in [0.1, 0.15) is 18.1 Å². The Bertz CT molecular complexity index is 830. The second kappa shape index (κ2) is 8.65. The van der Waals surface area contributed by atoms with Crippen molar-refractivity contribution in [3.05, 3.63) is 53.6 Å². The van der Waals surface area contributed by atoms with E-state index in [0.29, 0.717) is 13.0 Å². The number of nitrogens with one attached hydrogen (secondary N) is 1. The zero-order valence-corrected chi connectivity index (χ0v) is 16.4. The lowest BCUT2D eigenvalue weighted by Gasteiger charge is -2.27. The largest absolute Gasteiger partial charge is 0.497 e. The first kappa shape index (κ1) is 18.8. The molecule has 5 nitrogen and oxygen atoms in total. The fraction of sp³-hybridized carbons (Fsp3) is 0.435. The van der Waals surface area contributed by atoms with E-state index in [4.69, 9.17) is 9.47 Å². The number of ether oxygens (including phenoxy) is 2. The predicted octanol–water partition coefficient (Wildman–Crippen LogP) is 3.87. The van der Waals surface area contributed by atoms with Crippen molar-refractivity contribution in [3.8, 4) is 11.5 Å². The monoisotopic (exact) mass is 380 g/mol. The first-order valence-corrected chi connectivity index (χ1v) is 10.1. The van der Waals surface area contributed by atoms with Crippen LogP contribution in [0.25, 0.3) is 0 Å². The number of nitrogens with zero attached hydrogens (tertiary/aromatic N) is 1. The standard InChI is InChI=1S/C23H28N2O3/c1-27-21-8-9-22-18(14-21)13-19(16-28-22)23(26)24-20-7-5-6-17(12-20)15-25-10-3-2-4-11-25/h5-9,12,14,19H,2-4,10-11,13,15-16H2,1H3,(H,24,26). The van der Waals surface area contributed by atoms with E-state index in [9.17, 15) is 4.79 Å². The molecule has 0 spiro atoms. The van der Waals surface area contributed by atoms with Gasteiger partial charge in [-0.25, -0.2) is 0 Å². The third-order valence-corrected chi connectivity index (χ3v) is 5.59. The Kier molecular flexibility index (Phi) is 5.81. The van der Waals surface area contributed by atoms with Crippen molar-refractivity contribution in [2.45, 2.75) is 32.2 Å². The van der Waals surface area contributed by atoms with Crippen LogP contribution in [-0.2, 0) is 17.8 Å². The highest BCUT2D eigenvalue weighted by Crippen LogP contribution is 2.31. The predicted molar refractivity (Wildman–Crippen MR) is 110 cm³/mol. The molecular formula is C23H28N2O3. The van der Waals surface area contributed by atoms with E-state index in [0.717, 1.165) is 29.3 Å². The summed E-state index contributed by atoms with van der Waals surface area (Å²) in [6.45, 7) is 3.68. The molecule has 148 valence electrons. The van der Waals surface area contributed by atoms with Crippen molar-refractivity contribution in [2.24, 2.45) is 5.92 Å². The van der Waals surface area contributed by atoms with Crippen LogP contribution in [0.15, 0.2) is 42.5 Å². The van der Waals surface area contributed by atoms with Gasteiger partial charge in [-0.15, -0.1) is 0 Å². The first-order valence-electron chi connectivity index (χ1n) is 10.1. The summed E-state index contributed by atoms with van der Waals surface area (Å²) < 4.78 is 11.1. The average molecular weight is 380 g/mol. The normalized spacial score (nSPS) is 19.4. The summed E-state index contributed by atoms with van der Waals surface area (Å²) in [5.74, 6) is 1.43. The van der Waals surface area contributed by atoms with Crippen molar-refractivity contribution >= 4 is 11.6 Å². The minimum Gasteiger partial charge on any atom is -0.497 e. The number of anilines is 1. The maximum atomic E-state index is 12.8. The summed E-state index contributed by atoms with van der Waals surface area (Å²) in [6, 6.07) is 13.9. The molecule has 1 unspecified atom stereocenters. The van der Waals surface area contributed by atoms with Gasteiger partial charge in [0.05, 0.1) is 13.0 Å². The number of piperidine rings is 1. The van der Waals surface area contributed by atoms with Gasteiger partial charge in [-0.1, -0.05) is 18.6 Å². The Morgan fingerprint density at radius 3 is 2.86 bits per heavy atom. The molecule has 1 atom stereocenters. The molecular weight excluding hydrogens is 352 g/mol. The Morgan fingerprint density at radius 1 is 1.18 bits per heavy atom. The number of hydrogen-bond acceptors (Lipinski definition) is 4. The lowest BCUT2D eigenvalue weighted by Crippen LogP contribution is -2.32. The van der Waals surface area contributed by atoms with Gasteiger partial charge in [-0.2, -0.15) is 0 Å². The molecule has 2 aliphatic heterocycles. The number of carbonyl (C=O) groups is 1. The van der Waals surface area contributed by atoms with Crippen LogP contribution in [0.2, 0.25) is 0 Å². The van der Waals surface area contributed by atoms with Gasteiger partial charge >= 0.3 is 0 Å². The number of hydrogen-bond donors (Lipinski definition) is 1. The quantitative estimate of drug-likeness (QED) is 0.856. The number of fused-ring (bicyclic) bond motifs is 1. The van der Waals surface area contributed by atoms with Crippen LogP contribution in [0.4, 0.5) is 5.69 Å². The molecule has 0 bridgehead atoms. The van der Waals surface area contributed by atoms with E-state index in [1.165, 1.54) is 37.9 Å². The van der Waals surface area contributed by atoms with Crippen molar-refractivity contribution in [1.82, 2.24) is 4.90 Å². The van der Waals surface area contributed by atoms with Crippen LogP contribution < -0.4 is 14.8 Å². The summed E-state index contributed by atoms with van der Waals surface area (Å²) in [5.41, 5.74) is 3.12. The first-order chi connectivity index (χ1) is 13.7. The van der Waals surface area contributed by atoms with Crippen molar-refractivity contribution in [2.75, 3.05) is 32.1 Å². The zero-order valence-electron chi connectivity index (χ0n) is 16.4. The second-order valence-corrected chi connectivity index (χ2v) is 7.71.